The van der Waals surface area contributed by atoms with Crippen LogP contribution in [0, 0.1) is 17.7 Å². The molecule has 1 fully saturated rings. The Labute approximate surface area is 209 Å². The first-order valence-electron chi connectivity index (χ1n) is 12.7. The minimum Gasteiger partial charge on any atom is -0.467 e. The van der Waals surface area contributed by atoms with Crippen molar-refractivity contribution in [2.75, 3.05) is 39.8 Å². The van der Waals surface area contributed by atoms with Gasteiger partial charge in [0.15, 0.2) is 5.54 Å². The van der Waals surface area contributed by atoms with Gasteiger partial charge in [0.2, 0.25) is 0 Å². The Bertz CT molecular complexity index is 828. The van der Waals surface area contributed by atoms with Gasteiger partial charge < -0.3 is 14.5 Å². The molecule has 190 valence electrons. The molecule has 5 nitrogen and oxygen atoms in total. The first-order valence-corrected chi connectivity index (χ1v) is 14.1. The fourth-order valence-corrected chi connectivity index (χ4v) is 6.63. The van der Waals surface area contributed by atoms with Crippen molar-refractivity contribution >= 4 is 24.1 Å². The Kier molecular flexibility index (Phi) is 9.84. The van der Waals surface area contributed by atoms with Crippen LogP contribution in [0.25, 0.3) is 0 Å². The lowest BCUT2D eigenvalue weighted by atomic mass is 9.72. The van der Waals surface area contributed by atoms with Crippen molar-refractivity contribution in [3.8, 4) is 0 Å². The number of carbonyl (C=O) groups is 1. The van der Waals surface area contributed by atoms with Crippen LogP contribution in [0.4, 0.5) is 4.39 Å². The number of carbonyl (C=O) groups excluding carboxylic acids is 1. The summed E-state index contributed by atoms with van der Waals surface area (Å²) in [5, 5.41) is 0. The Balaban J connectivity index is 1.72. The van der Waals surface area contributed by atoms with Gasteiger partial charge in [0.1, 0.15) is 5.82 Å². The molecule has 3 rings (SSSR count). The van der Waals surface area contributed by atoms with Crippen LogP contribution >= 0.6 is 11.8 Å². The highest BCUT2D eigenvalue weighted by Crippen LogP contribution is 2.43. The Hall–Kier alpha value is -1.60. The topological polar surface area (TPSA) is 45.1 Å². The van der Waals surface area contributed by atoms with Gasteiger partial charge in [-0.3, -0.25) is 4.99 Å². The molecule has 0 amide bonds. The van der Waals surface area contributed by atoms with E-state index in [1.807, 2.05) is 12.4 Å². The van der Waals surface area contributed by atoms with Gasteiger partial charge in [-0.25, -0.2) is 9.18 Å². The first kappa shape index (κ1) is 27.0. The van der Waals surface area contributed by atoms with Crippen LogP contribution in [0.15, 0.2) is 29.3 Å². The van der Waals surface area contributed by atoms with Crippen molar-refractivity contribution in [2.24, 2.45) is 16.8 Å². The van der Waals surface area contributed by atoms with Crippen LogP contribution in [0.5, 0.6) is 0 Å². The van der Waals surface area contributed by atoms with E-state index in [4.69, 9.17) is 9.73 Å². The molecular weight excluding hydrogens is 449 g/mol. The van der Waals surface area contributed by atoms with E-state index < -0.39 is 5.54 Å². The fourth-order valence-electron chi connectivity index (χ4n) is 6.11. The van der Waals surface area contributed by atoms with Crippen LogP contribution in [0.1, 0.15) is 63.5 Å². The van der Waals surface area contributed by atoms with Gasteiger partial charge in [-0.1, -0.05) is 31.9 Å². The minimum absolute atomic E-state index is 0.0569. The summed E-state index contributed by atoms with van der Waals surface area (Å²) in [5.74, 6) is 1.57. The molecule has 1 aliphatic heterocycles. The summed E-state index contributed by atoms with van der Waals surface area (Å²) in [6.07, 6.45) is 11.1. The Morgan fingerprint density at radius 2 is 2.06 bits per heavy atom. The van der Waals surface area contributed by atoms with Crippen LogP contribution in [0.2, 0.25) is 0 Å². The van der Waals surface area contributed by atoms with E-state index in [0.717, 1.165) is 56.4 Å². The molecule has 0 saturated heterocycles. The number of halogens is 1. The van der Waals surface area contributed by atoms with E-state index in [2.05, 4.69) is 43.1 Å². The largest absolute Gasteiger partial charge is 0.467 e. The SMILES string of the molecule is CCCN1C=NC(CCSC)(C(=O)OC)C1CC1CCC(C(c2cccc(F)c2)N(C)C)CC1. The molecular formula is C27H42FN3O2S. The fraction of sp³-hybridized carbons (Fsp3) is 0.704. The highest BCUT2D eigenvalue weighted by atomic mass is 32.2. The molecule has 0 bridgehead atoms. The van der Waals surface area contributed by atoms with Gasteiger partial charge >= 0.3 is 5.97 Å². The summed E-state index contributed by atoms with van der Waals surface area (Å²) in [6, 6.07) is 7.35. The number of hydrogen-bond donors (Lipinski definition) is 0. The maximum absolute atomic E-state index is 13.9. The van der Waals surface area contributed by atoms with Gasteiger partial charge in [-0.2, -0.15) is 11.8 Å². The zero-order valence-corrected chi connectivity index (χ0v) is 22.3. The Morgan fingerprint density at radius 3 is 2.65 bits per heavy atom. The third-order valence-electron chi connectivity index (χ3n) is 7.74. The number of thioether (sulfide) groups is 1. The van der Waals surface area contributed by atoms with Gasteiger partial charge in [0.25, 0.3) is 0 Å². The Morgan fingerprint density at radius 1 is 1.32 bits per heavy atom. The summed E-state index contributed by atoms with van der Waals surface area (Å²) in [5.41, 5.74) is 0.269. The van der Waals surface area contributed by atoms with E-state index in [9.17, 15) is 9.18 Å². The molecule has 1 aromatic carbocycles. The number of hydrogen-bond acceptors (Lipinski definition) is 6. The molecule has 2 aliphatic rings. The molecule has 1 saturated carbocycles. The van der Waals surface area contributed by atoms with Crippen molar-refractivity contribution < 1.29 is 13.9 Å². The van der Waals surface area contributed by atoms with Gasteiger partial charge in [0, 0.05) is 12.6 Å². The van der Waals surface area contributed by atoms with Crippen LogP contribution in [-0.2, 0) is 9.53 Å². The maximum Gasteiger partial charge on any atom is 0.336 e. The monoisotopic (exact) mass is 491 g/mol. The molecule has 1 aliphatic carbocycles. The molecule has 3 unspecified atom stereocenters. The number of ether oxygens (including phenoxy) is 1. The number of aliphatic imine (C=N–C) groups is 1. The summed E-state index contributed by atoms with van der Waals surface area (Å²) < 4.78 is 19.2. The zero-order chi connectivity index (χ0) is 24.7. The van der Waals surface area contributed by atoms with Crippen molar-refractivity contribution in [2.45, 2.75) is 69.5 Å². The minimum atomic E-state index is -0.794. The smallest absolute Gasteiger partial charge is 0.336 e. The highest BCUT2D eigenvalue weighted by molar-refractivity contribution is 7.98. The molecule has 0 spiro atoms. The summed E-state index contributed by atoms with van der Waals surface area (Å²) in [7, 11) is 5.67. The second kappa shape index (κ2) is 12.4. The lowest BCUT2D eigenvalue weighted by molar-refractivity contribution is -0.148. The molecule has 0 N–H and O–H groups in total. The second-order valence-corrected chi connectivity index (χ2v) is 11.1. The van der Waals surface area contributed by atoms with Gasteiger partial charge in [-0.05, 0) is 87.7 Å². The predicted molar refractivity (Wildman–Crippen MR) is 140 cm³/mol. The normalized spacial score (nSPS) is 27.9. The summed E-state index contributed by atoms with van der Waals surface area (Å²) >= 11 is 1.75. The van der Waals surface area contributed by atoms with Crippen molar-refractivity contribution in [3.05, 3.63) is 35.6 Å². The van der Waals surface area contributed by atoms with Gasteiger partial charge in [0.05, 0.1) is 19.5 Å². The van der Waals surface area contributed by atoms with Crippen molar-refractivity contribution in [1.82, 2.24) is 9.80 Å². The third-order valence-corrected chi connectivity index (χ3v) is 8.35. The van der Waals surface area contributed by atoms with E-state index in [0.29, 0.717) is 18.3 Å². The third kappa shape index (κ3) is 5.96. The van der Waals surface area contributed by atoms with Crippen molar-refractivity contribution in [3.63, 3.8) is 0 Å². The van der Waals surface area contributed by atoms with Crippen molar-refractivity contribution in [1.29, 1.82) is 0 Å². The predicted octanol–water partition coefficient (Wildman–Crippen LogP) is 5.41. The number of methoxy groups -OCH3 is 1. The quantitative estimate of drug-likeness (QED) is 0.387. The molecule has 1 aromatic rings. The standard InChI is InChI=1S/C27H42FN3O2S/c1-6-15-31-19-29-27(14-16-34-5,26(32)33-4)24(31)17-20-10-12-21(13-11-20)25(30(2)3)22-8-7-9-23(28)18-22/h7-9,18-21,24-25H,6,10-17H2,1-5H3. The van der Waals surface area contributed by atoms with Gasteiger partial charge in [-0.15, -0.1) is 0 Å². The van der Waals surface area contributed by atoms with E-state index >= 15 is 0 Å². The van der Waals surface area contributed by atoms with Crippen LogP contribution in [-0.4, -0.2) is 73.4 Å². The van der Waals surface area contributed by atoms with E-state index in [1.165, 1.54) is 13.2 Å². The number of esters is 1. The lowest BCUT2D eigenvalue weighted by Crippen LogP contribution is -2.53. The molecule has 3 atom stereocenters. The van der Waals surface area contributed by atoms with Crippen LogP contribution in [0.3, 0.4) is 0 Å². The molecule has 0 aromatic heterocycles. The lowest BCUT2D eigenvalue weighted by Gasteiger charge is -2.41. The first-order chi connectivity index (χ1) is 16.4. The van der Waals surface area contributed by atoms with E-state index in [1.54, 1.807) is 17.8 Å². The molecule has 7 heteroatoms. The summed E-state index contributed by atoms with van der Waals surface area (Å²) in [6.45, 7) is 3.08. The van der Waals surface area contributed by atoms with Crippen LogP contribution < -0.4 is 0 Å². The highest BCUT2D eigenvalue weighted by Gasteiger charge is 2.52. The average molecular weight is 492 g/mol. The number of rotatable bonds is 11. The molecule has 1 heterocycles. The number of nitrogens with zero attached hydrogens (tertiary/aromatic N) is 3. The zero-order valence-electron chi connectivity index (χ0n) is 21.5. The molecule has 34 heavy (non-hydrogen) atoms. The number of benzene rings is 1. The average Bonchev–Trinajstić information content (AvgIpc) is 3.16. The molecule has 0 radical (unpaired) electrons. The summed E-state index contributed by atoms with van der Waals surface area (Å²) in [4.78, 5) is 22.4. The second-order valence-electron chi connectivity index (χ2n) is 10.1. The van der Waals surface area contributed by atoms with E-state index in [-0.39, 0.29) is 23.9 Å². The maximum atomic E-state index is 13.9.